The summed E-state index contributed by atoms with van der Waals surface area (Å²) in [5.74, 6) is 1.47. The Morgan fingerprint density at radius 1 is 1.37 bits per heavy atom. The molecule has 0 amide bonds. The van der Waals surface area contributed by atoms with Gasteiger partial charge in [-0.3, -0.25) is 4.57 Å². The summed E-state index contributed by atoms with van der Waals surface area (Å²) in [6.07, 6.45) is 0. The van der Waals surface area contributed by atoms with Crippen molar-refractivity contribution in [3.63, 3.8) is 0 Å². The SMILES string of the molecule is CC(CNC(C)(C)C)CSc1n[nH]c(=O)n1C(C)C. The van der Waals surface area contributed by atoms with E-state index < -0.39 is 0 Å². The molecule has 1 rings (SSSR count). The average molecular weight is 286 g/mol. The molecule has 1 aromatic rings. The van der Waals surface area contributed by atoms with Crippen LogP contribution >= 0.6 is 11.8 Å². The zero-order valence-corrected chi connectivity index (χ0v) is 13.6. The highest BCUT2D eigenvalue weighted by atomic mass is 32.2. The summed E-state index contributed by atoms with van der Waals surface area (Å²) >= 11 is 1.64. The van der Waals surface area contributed by atoms with Crippen molar-refractivity contribution in [2.24, 2.45) is 5.92 Å². The molecule has 0 spiro atoms. The lowest BCUT2D eigenvalue weighted by Gasteiger charge is -2.23. The maximum absolute atomic E-state index is 11.6. The minimum Gasteiger partial charge on any atom is -0.312 e. The van der Waals surface area contributed by atoms with Crippen molar-refractivity contribution in [1.82, 2.24) is 20.1 Å². The van der Waals surface area contributed by atoms with E-state index in [2.05, 4.69) is 43.2 Å². The predicted molar refractivity (Wildman–Crippen MR) is 80.9 cm³/mol. The van der Waals surface area contributed by atoms with Crippen LogP contribution in [-0.2, 0) is 0 Å². The van der Waals surface area contributed by atoms with E-state index in [0.717, 1.165) is 17.5 Å². The van der Waals surface area contributed by atoms with Gasteiger partial charge in [-0.05, 0) is 47.1 Å². The van der Waals surface area contributed by atoms with Crippen LogP contribution in [0.25, 0.3) is 0 Å². The average Bonchev–Trinajstić information content (AvgIpc) is 2.64. The summed E-state index contributed by atoms with van der Waals surface area (Å²) in [4.78, 5) is 11.6. The van der Waals surface area contributed by atoms with E-state index in [4.69, 9.17) is 0 Å². The number of thioether (sulfide) groups is 1. The first-order valence-electron chi connectivity index (χ1n) is 6.75. The number of hydrogen-bond donors (Lipinski definition) is 2. The number of aromatic amines is 1. The van der Waals surface area contributed by atoms with Gasteiger partial charge in [0, 0.05) is 17.3 Å². The van der Waals surface area contributed by atoms with Crippen LogP contribution in [0.4, 0.5) is 0 Å². The summed E-state index contributed by atoms with van der Waals surface area (Å²) < 4.78 is 1.70. The largest absolute Gasteiger partial charge is 0.344 e. The number of hydrogen-bond acceptors (Lipinski definition) is 4. The fourth-order valence-corrected chi connectivity index (χ4v) is 2.70. The maximum atomic E-state index is 11.6. The molecule has 0 bridgehead atoms. The molecule has 6 heteroatoms. The minimum absolute atomic E-state index is 0.127. The molecule has 0 aliphatic rings. The Balaban J connectivity index is 2.51. The second-order valence-electron chi connectivity index (χ2n) is 6.32. The molecule has 2 N–H and O–H groups in total. The van der Waals surface area contributed by atoms with Crippen LogP contribution in [0.3, 0.4) is 0 Å². The lowest BCUT2D eigenvalue weighted by molar-refractivity contribution is 0.395. The Hall–Kier alpha value is -0.750. The Bertz CT molecular complexity index is 444. The van der Waals surface area contributed by atoms with Gasteiger partial charge in [0.25, 0.3) is 0 Å². The van der Waals surface area contributed by atoms with Crippen molar-refractivity contribution in [3.05, 3.63) is 10.5 Å². The van der Waals surface area contributed by atoms with Crippen LogP contribution in [0.1, 0.15) is 47.6 Å². The molecule has 1 unspecified atom stereocenters. The molecule has 5 nitrogen and oxygen atoms in total. The summed E-state index contributed by atoms with van der Waals surface area (Å²) in [6, 6.07) is 0.136. The quantitative estimate of drug-likeness (QED) is 0.788. The van der Waals surface area contributed by atoms with E-state index >= 15 is 0 Å². The molecule has 0 aliphatic heterocycles. The zero-order chi connectivity index (χ0) is 14.6. The molecular weight excluding hydrogens is 260 g/mol. The summed E-state index contributed by atoms with van der Waals surface area (Å²) in [6.45, 7) is 13.6. The minimum atomic E-state index is -0.127. The number of rotatable bonds is 6. The Kier molecular flexibility index (Phi) is 5.67. The first-order chi connectivity index (χ1) is 8.70. The molecule has 1 aromatic heterocycles. The van der Waals surface area contributed by atoms with Crippen molar-refractivity contribution in [1.29, 1.82) is 0 Å². The van der Waals surface area contributed by atoms with Gasteiger partial charge in [-0.15, -0.1) is 5.10 Å². The molecule has 0 aromatic carbocycles. The van der Waals surface area contributed by atoms with Gasteiger partial charge in [-0.25, -0.2) is 9.89 Å². The zero-order valence-electron chi connectivity index (χ0n) is 12.8. The van der Waals surface area contributed by atoms with Crippen LogP contribution < -0.4 is 11.0 Å². The van der Waals surface area contributed by atoms with E-state index in [0.29, 0.717) is 5.92 Å². The third kappa shape index (κ3) is 5.40. The van der Waals surface area contributed by atoms with E-state index in [9.17, 15) is 4.79 Å². The van der Waals surface area contributed by atoms with Crippen LogP contribution in [0.5, 0.6) is 0 Å². The third-order valence-electron chi connectivity index (χ3n) is 2.67. The van der Waals surface area contributed by atoms with Gasteiger partial charge >= 0.3 is 5.69 Å². The molecule has 19 heavy (non-hydrogen) atoms. The van der Waals surface area contributed by atoms with Crippen LogP contribution in [-0.4, -0.2) is 32.6 Å². The lowest BCUT2D eigenvalue weighted by atomic mass is 10.1. The lowest BCUT2D eigenvalue weighted by Crippen LogP contribution is -2.39. The molecular formula is C13H26N4OS. The third-order valence-corrected chi connectivity index (χ3v) is 3.95. The summed E-state index contributed by atoms with van der Waals surface area (Å²) in [5, 5.41) is 10.9. The van der Waals surface area contributed by atoms with Gasteiger partial charge in [0.15, 0.2) is 5.16 Å². The predicted octanol–water partition coefficient (Wildman–Crippen LogP) is 2.27. The highest BCUT2D eigenvalue weighted by molar-refractivity contribution is 7.99. The molecule has 0 fully saturated rings. The van der Waals surface area contributed by atoms with Gasteiger partial charge in [0.05, 0.1) is 0 Å². The van der Waals surface area contributed by atoms with Gasteiger partial charge in [0.2, 0.25) is 0 Å². The first kappa shape index (κ1) is 16.3. The molecule has 0 radical (unpaired) electrons. The maximum Gasteiger partial charge on any atom is 0.344 e. The highest BCUT2D eigenvalue weighted by Crippen LogP contribution is 2.19. The summed E-state index contributed by atoms with van der Waals surface area (Å²) in [7, 11) is 0. The Morgan fingerprint density at radius 3 is 2.53 bits per heavy atom. The topological polar surface area (TPSA) is 62.7 Å². The van der Waals surface area contributed by atoms with Crippen molar-refractivity contribution in [3.8, 4) is 0 Å². The van der Waals surface area contributed by atoms with E-state index in [-0.39, 0.29) is 17.3 Å². The fourth-order valence-electron chi connectivity index (χ4n) is 1.60. The Morgan fingerprint density at radius 2 is 2.00 bits per heavy atom. The molecule has 0 saturated carbocycles. The number of nitrogens with zero attached hydrogens (tertiary/aromatic N) is 2. The van der Waals surface area contributed by atoms with Crippen molar-refractivity contribution in [2.75, 3.05) is 12.3 Å². The Labute approximate surface area is 119 Å². The van der Waals surface area contributed by atoms with E-state index in [1.807, 2.05) is 13.8 Å². The smallest absolute Gasteiger partial charge is 0.312 e. The van der Waals surface area contributed by atoms with Crippen molar-refractivity contribution in [2.45, 2.75) is 58.3 Å². The molecule has 0 aliphatic carbocycles. The van der Waals surface area contributed by atoms with Crippen molar-refractivity contribution < 1.29 is 0 Å². The monoisotopic (exact) mass is 286 g/mol. The first-order valence-corrected chi connectivity index (χ1v) is 7.74. The standard InChI is InChI=1S/C13H26N4OS/c1-9(2)17-11(18)15-16-12(17)19-8-10(3)7-14-13(4,5)6/h9-10,14H,7-8H2,1-6H3,(H,15,18). The van der Waals surface area contributed by atoms with Gasteiger partial charge in [-0.2, -0.15) is 0 Å². The van der Waals surface area contributed by atoms with Gasteiger partial charge in [0.1, 0.15) is 0 Å². The fraction of sp³-hybridized carbons (Fsp3) is 0.846. The van der Waals surface area contributed by atoms with Crippen molar-refractivity contribution >= 4 is 11.8 Å². The number of H-pyrrole nitrogens is 1. The van der Waals surface area contributed by atoms with E-state index in [1.165, 1.54) is 0 Å². The molecule has 110 valence electrons. The second kappa shape index (κ2) is 6.61. The van der Waals surface area contributed by atoms with Gasteiger partial charge in [-0.1, -0.05) is 18.7 Å². The van der Waals surface area contributed by atoms with Gasteiger partial charge < -0.3 is 5.32 Å². The number of nitrogens with one attached hydrogen (secondary N) is 2. The van der Waals surface area contributed by atoms with Crippen LogP contribution in [0.2, 0.25) is 0 Å². The van der Waals surface area contributed by atoms with Crippen LogP contribution in [0.15, 0.2) is 9.95 Å². The molecule has 0 saturated heterocycles. The van der Waals surface area contributed by atoms with Crippen LogP contribution in [0, 0.1) is 5.92 Å². The molecule has 1 atom stereocenters. The highest BCUT2D eigenvalue weighted by Gasteiger charge is 2.15. The second-order valence-corrected chi connectivity index (χ2v) is 7.31. The molecule has 1 heterocycles. The normalized spacial score (nSPS) is 14.1. The summed E-state index contributed by atoms with van der Waals surface area (Å²) in [5.41, 5.74) is 0.0173. The number of aromatic nitrogens is 3. The van der Waals surface area contributed by atoms with E-state index in [1.54, 1.807) is 16.3 Å².